The molecule has 1 amide bonds. The molecule has 2 unspecified atom stereocenters. The average Bonchev–Trinajstić information content (AvgIpc) is 2.62. The van der Waals surface area contributed by atoms with Crippen molar-refractivity contribution in [2.45, 2.75) is 5.92 Å². The van der Waals surface area contributed by atoms with Crippen LogP contribution in [0, 0.1) is 5.92 Å². The summed E-state index contributed by atoms with van der Waals surface area (Å²) in [4.78, 5) is 16.9. The molecule has 124 valence electrons. The maximum absolute atomic E-state index is 12.5. The van der Waals surface area contributed by atoms with Crippen LogP contribution in [-0.2, 0) is 4.79 Å². The molecule has 0 spiro atoms. The topological polar surface area (TPSA) is 53.5 Å². The Bertz CT molecular complexity index is 906. The van der Waals surface area contributed by atoms with Crippen LogP contribution in [0.5, 0.6) is 0 Å². The quantitative estimate of drug-likeness (QED) is 0.799. The fraction of sp³-hybridized carbons (Fsp3) is 0.105. The maximum Gasteiger partial charge on any atom is 0.237 e. The zero-order valence-electron chi connectivity index (χ0n) is 13.1. The van der Waals surface area contributed by atoms with Gasteiger partial charge in [0, 0.05) is 16.6 Å². The van der Waals surface area contributed by atoms with Gasteiger partial charge in [0.2, 0.25) is 11.0 Å². The summed E-state index contributed by atoms with van der Waals surface area (Å²) in [5.41, 5.74) is 2.91. The van der Waals surface area contributed by atoms with Crippen LogP contribution in [0.25, 0.3) is 5.70 Å². The van der Waals surface area contributed by atoms with E-state index in [9.17, 15) is 4.79 Å². The van der Waals surface area contributed by atoms with E-state index < -0.39 is 5.92 Å². The number of nitrogens with one attached hydrogen (secondary N) is 2. The molecular weight excluding hydrogens is 354 g/mol. The minimum Gasteiger partial charge on any atom is -0.343 e. The zero-order valence-corrected chi connectivity index (χ0v) is 14.6. The number of carbonyl (C=O) groups is 1. The first-order valence-electron chi connectivity index (χ1n) is 7.85. The maximum atomic E-state index is 12.5. The largest absolute Gasteiger partial charge is 0.343 e. The lowest BCUT2D eigenvalue weighted by atomic mass is 9.80. The molecular formula is C19H14ClN3OS. The van der Waals surface area contributed by atoms with Gasteiger partial charge in [-0.15, -0.1) is 0 Å². The van der Waals surface area contributed by atoms with Crippen LogP contribution in [0.4, 0.5) is 0 Å². The number of carbonyl (C=O) groups excluding carboxylic acids is 1. The highest BCUT2D eigenvalue weighted by atomic mass is 35.5. The Morgan fingerprint density at radius 2 is 1.72 bits per heavy atom. The second-order valence-corrected chi connectivity index (χ2v) is 6.74. The monoisotopic (exact) mass is 367 g/mol. The molecule has 4 nitrogen and oxygen atoms in total. The molecule has 2 atom stereocenters. The third-order valence-corrected chi connectivity index (χ3v) is 4.78. The first-order valence-corrected chi connectivity index (χ1v) is 8.63. The molecule has 2 aliphatic heterocycles. The van der Waals surface area contributed by atoms with Gasteiger partial charge in [0.15, 0.2) is 0 Å². The lowest BCUT2D eigenvalue weighted by Gasteiger charge is -2.34. The van der Waals surface area contributed by atoms with Gasteiger partial charge in [0.1, 0.15) is 11.8 Å². The fourth-order valence-electron chi connectivity index (χ4n) is 3.17. The SMILES string of the molecule is O=C1NC(=S)N=C2NC(c3ccc(Cl)cc3)=CC(c3ccccc3)C12. The van der Waals surface area contributed by atoms with E-state index in [1.54, 1.807) is 0 Å². The number of hydrogen-bond donors (Lipinski definition) is 2. The lowest BCUT2D eigenvalue weighted by Crippen LogP contribution is -2.51. The van der Waals surface area contributed by atoms with Crippen molar-refractivity contribution in [3.63, 3.8) is 0 Å². The van der Waals surface area contributed by atoms with Crippen LogP contribution < -0.4 is 10.6 Å². The molecule has 6 heteroatoms. The Hall–Kier alpha value is -2.50. The summed E-state index contributed by atoms with van der Waals surface area (Å²) < 4.78 is 0. The Morgan fingerprint density at radius 3 is 2.44 bits per heavy atom. The Labute approximate surface area is 155 Å². The molecule has 0 bridgehead atoms. The second kappa shape index (κ2) is 6.43. The predicted molar refractivity (Wildman–Crippen MR) is 103 cm³/mol. The molecule has 0 radical (unpaired) electrons. The van der Waals surface area contributed by atoms with E-state index in [0.717, 1.165) is 16.8 Å². The molecule has 2 aliphatic rings. The Kier molecular flexibility index (Phi) is 4.11. The smallest absolute Gasteiger partial charge is 0.237 e. The number of thiocarbonyl (C=S) groups is 1. The predicted octanol–water partition coefficient (Wildman–Crippen LogP) is 3.50. The van der Waals surface area contributed by atoms with E-state index in [0.29, 0.717) is 10.9 Å². The first-order chi connectivity index (χ1) is 12.1. The van der Waals surface area contributed by atoms with E-state index in [1.807, 2.05) is 54.6 Å². The van der Waals surface area contributed by atoms with Crippen molar-refractivity contribution >= 4 is 46.4 Å². The Balaban J connectivity index is 1.84. The molecule has 0 aliphatic carbocycles. The zero-order chi connectivity index (χ0) is 17.4. The second-order valence-electron chi connectivity index (χ2n) is 5.92. The number of rotatable bonds is 2. The number of nitrogens with zero attached hydrogens (tertiary/aromatic N) is 1. The minimum atomic E-state index is -0.426. The third kappa shape index (κ3) is 3.08. The number of allylic oxidation sites excluding steroid dienone is 1. The third-order valence-electron chi connectivity index (χ3n) is 4.34. The van der Waals surface area contributed by atoms with Gasteiger partial charge in [-0.2, -0.15) is 0 Å². The molecule has 2 aromatic carbocycles. The van der Waals surface area contributed by atoms with Gasteiger partial charge in [-0.3, -0.25) is 4.79 Å². The molecule has 0 saturated carbocycles. The standard InChI is InChI=1S/C19H14ClN3OS/c20-13-8-6-12(7-9-13)15-10-14(11-4-2-1-3-5-11)16-17(21-15)22-19(25)23-18(16)24/h1-10,14,16H,(H2,21,22,23,24,25). The van der Waals surface area contributed by atoms with Crippen molar-refractivity contribution < 1.29 is 4.79 Å². The number of benzene rings is 2. The van der Waals surface area contributed by atoms with E-state index >= 15 is 0 Å². The number of hydrogen-bond acceptors (Lipinski definition) is 3. The van der Waals surface area contributed by atoms with Crippen molar-refractivity contribution in [2.24, 2.45) is 10.9 Å². The van der Waals surface area contributed by atoms with E-state index in [-0.39, 0.29) is 16.9 Å². The lowest BCUT2D eigenvalue weighted by molar-refractivity contribution is -0.122. The highest BCUT2D eigenvalue weighted by Crippen LogP contribution is 2.35. The van der Waals surface area contributed by atoms with Gasteiger partial charge in [-0.1, -0.05) is 60.1 Å². The van der Waals surface area contributed by atoms with Gasteiger partial charge in [-0.25, -0.2) is 4.99 Å². The van der Waals surface area contributed by atoms with Crippen LogP contribution in [0.15, 0.2) is 65.7 Å². The average molecular weight is 368 g/mol. The van der Waals surface area contributed by atoms with Gasteiger partial charge in [0.25, 0.3) is 0 Å². The first kappa shape index (κ1) is 16.0. The summed E-state index contributed by atoms with van der Waals surface area (Å²) in [5, 5.41) is 6.79. The summed E-state index contributed by atoms with van der Waals surface area (Å²) in [5.74, 6) is -0.113. The van der Waals surface area contributed by atoms with Crippen molar-refractivity contribution in [3.05, 3.63) is 76.8 Å². The fourth-order valence-corrected chi connectivity index (χ4v) is 3.50. The molecule has 0 saturated heterocycles. The van der Waals surface area contributed by atoms with Crippen LogP contribution in [-0.4, -0.2) is 16.9 Å². The van der Waals surface area contributed by atoms with Gasteiger partial charge in [-0.05, 0) is 35.5 Å². The van der Waals surface area contributed by atoms with E-state index in [1.165, 1.54) is 0 Å². The van der Waals surface area contributed by atoms with Crippen LogP contribution in [0.2, 0.25) is 5.02 Å². The molecule has 0 fully saturated rings. The van der Waals surface area contributed by atoms with Gasteiger partial charge in [0.05, 0.1) is 0 Å². The van der Waals surface area contributed by atoms with E-state index in [2.05, 4.69) is 21.7 Å². The van der Waals surface area contributed by atoms with Crippen molar-refractivity contribution in [3.8, 4) is 0 Å². The van der Waals surface area contributed by atoms with Gasteiger partial charge >= 0.3 is 0 Å². The Morgan fingerprint density at radius 1 is 1.00 bits per heavy atom. The summed E-state index contributed by atoms with van der Waals surface area (Å²) in [6, 6.07) is 17.5. The van der Waals surface area contributed by atoms with Crippen LogP contribution in [0.3, 0.4) is 0 Å². The number of amides is 1. The van der Waals surface area contributed by atoms with E-state index in [4.69, 9.17) is 23.8 Å². The molecule has 2 aromatic rings. The number of aliphatic imine (C=N–C) groups is 1. The number of halogens is 1. The molecule has 25 heavy (non-hydrogen) atoms. The number of amidine groups is 1. The summed E-state index contributed by atoms with van der Waals surface area (Å²) >= 11 is 11.1. The minimum absolute atomic E-state index is 0.130. The summed E-state index contributed by atoms with van der Waals surface area (Å²) in [6.45, 7) is 0. The normalized spacial score (nSPS) is 22.3. The highest BCUT2D eigenvalue weighted by molar-refractivity contribution is 7.80. The van der Waals surface area contributed by atoms with Crippen molar-refractivity contribution in [1.29, 1.82) is 0 Å². The van der Waals surface area contributed by atoms with Crippen LogP contribution >= 0.6 is 23.8 Å². The molecule has 4 rings (SSSR count). The summed E-state index contributed by atoms with van der Waals surface area (Å²) in [7, 11) is 0. The van der Waals surface area contributed by atoms with Crippen LogP contribution in [0.1, 0.15) is 17.0 Å². The summed E-state index contributed by atoms with van der Waals surface area (Å²) in [6.07, 6.45) is 2.07. The van der Waals surface area contributed by atoms with Gasteiger partial charge < -0.3 is 10.6 Å². The highest BCUT2D eigenvalue weighted by Gasteiger charge is 2.39. The molecule has 2 heterocycles. The molecule has 2 N–H and O–H groups in total. The number of fused-ring (bicyclic) bond motifs is 1. The van der Waals surface area contributed by atoms with Crippen molar-refractivity contribution in [2.75, 3.05) is 0 Å². The molecule has 0 aromatic heterocycles. The van der Waals surface area contributed by atoms with Crippen molar-refractivity contribution in [1.82, 2.24) is 10.6 Å².